The van der Waals surface area contributed by atoms with Crippen molar-refractivity contribution < 1.29 is 51.5 Å². The van der Waals surface area contributed by atoms with Gasteiger partial charge in [-0.15, -0.1) is 0 Å². The van der Waals surface area contributed by atoms with Crippen LogP contribution in [0.15, 0.2) is 0 Å². The van der Waals surface area contributed by atoms with Crippen molar-refractivity contribution in [1.29, 1.82) is 0 Å². The van der Waals surface area contributed by atoms with E-state index in [1.54, 1.807) is 0 Å². The maximum absolute atomic E-state index is 10.7. The van der Waals surface area contributed by atoms with Gasteiger partial charge in [-0.1, -0.05) is 0 Å². The minimum Gasteiger partial charge on any atom is -1.00 e. The van der Waals surface area contributed by atoms with Crippen LogP contribution in [-0.2, 0) is 4.79 Å². The van der Waals surface area contributed by atoms with Crippen LogP contribution in [0.1, 0.15) is 0 Å². The zero-order valence-corrected chi connectivity index (χ0v) is 11.0. The first-order valence-electron chi connectivity index (χ1n) is 3.78. The summed E-state index contributed by atoms with van der Waals surface area (Å²) < 4.78 is 33.0. The number of carbonyl (C=O) groups excluding carboxylic acids is 1. The highest BCUT2D eigenvalue weighted by atomic mass is 127. The van der Waals surface area contributed by atoms with E-state index in [-0.39, 0.29) is 30.6 Å². The van der Waals surface area contributed by atoms with E-state index < -0.39 is 12.1 Å². The number of aliphatic hydroxyl groups excluding tert-OH is 1. The quantitative estimate of drug-likeness (QED) is 0.408. The Balaban J connectivity index is -0.000000180. The van der Waals surface area contributed by atoms with Gasteiger partial charge in [0.15, 0.2) is 0 Å². The van der Waals surface area contributed by atoms with Crippen molar-refractivity contribution in [2.24, 2.45) is 5.73 Å². The number of hydrogen-bond acceptors (Lipinski definition) is 2. The van der Waals surface area contributed by atoms with E-state index in [1.807, 2.05) is 0 Å². The van der Waals surface area contributed by atoms with E-state index in [1.165, 1.54) is 0 Å². The summed E-state index contributed by atoms with van der Waals surface area (Å²) >= 11 is 0. The normalized spacial score (nSPS) is 10.9. The van der Waals surface area contributed by atoms with Crippen LogP contribution >= 0.6 is 0 Å². The number of halogens is 4. The number of nitrogens with two attached hydrogens (primary N) is 1. The van der Waals surface area contributed by atoms with Crippen LogP contribution < -0.4 is 29.7 Å². The molecule has 0 aliphatic rings. The van der Waals surface area contributed by atoms with Crippen LogP contribution in [0.4, 0.5) is 13.2 Å². The molecule has 0 radical (unpaired) electrons. The number of aliphatic hydroxyl groups is 1. The van der Waals surface area contributed by atoms with E-state index in [9.17, 15) is 13.2 Å². The predicted octanol–water partition coefficient (Wildman–Crippen LogP) is -3.28. The molecule has 0 atom stereocenters. The second-order valence-corrected chi connectivity index (χ2v) is 3.60. The fraction of sp³-hybridized carbons (Fsp3) is 0.857. The van der Waals surface area contributed by atoms with Crippen molar-refractivity contribution >= 4 is 5.91 Å². The van der Waals surface area contributed by atoms with Gasteiger partial charge in [0.25, 0.3) is 0 Å². The maximum atomic E-state index is 10.7. The summed E-state index contributed by atoms with van der Waals surface area (Å²) in [6.45, 7) is 1.11. The lowest BCUT2D eigenvalue weighted by Crippen LogP contribution is -3.00. The largest absolute Gasteiger partial charge is 1.00 e. The highest BCUT2D eigenvalue weighted by Crippen LogP contribution is 2.11. The first-order valence-corrected chi connectivity index (χ1v) is 3.78. The average Bonchev–Trinajstić information content (AvgIpc) is 1.82. The SMILES string of the molecule is C[N+](C)(C)CCO.NC(=O)C(F)(F)F.[I-]. The molecule has 0 bridgehead atoms. The molecule has 0 unspecified atom stereocenters. The molecule has 0 aliphatic carbocycles. The molecule has 15 heavy (non-hydrogen) atoms. The summed E-state index contributed by atoms with van der Waals surface area (Å²) in [4.78, 5) is 9.12. The number of rotatable bonds is 2. The molecule has 0 fully saturated rings. The van der Waals surface area contributed by atoms with Crippen molar-refractivity contribution in [1.82, 2.24) is 0 Å². The number of hydrogen-bond donors (Lipinski definition) is 2. The van der Waals surface area contributed by atoms with Crippen LogP contribution in [-0.4, -0.2) is 56.0 Å². The van der Waals surface area contributed by atoms with E-state index in [0.717, 1.165) is 11.0 Å². The lowest BCUT2D eigenvalue weighted by atomic mass is 10.5. The topological polar surface area (TPSA) is 63.3 Å². The summed E-state index contributed by atoms with van der Waals surface area (Å²) in [5.74, 6) is -2.26. The van der Waals surface area contributed by atoms with Gasteiger partial charge in [-0.05, 0) is 0 Å². The summed E-state index contributed by atoms with van der Waals surface area (Å²) in [6.07, 6.45) is -4.86. The zero-order valence-electron chi connectivity index (χ0n) is 8.81. The molecule has 0 aromatic carbocycles. The van der Waals surface area contributed by atoms with E-state index in [2.05, 4.69) is 26.9 Å². The molecule has 94 valence electrons. The molecule has 3 N–H and O–H groups in total. The van der Waals surface area contributed by atoms with Crippen LogP contribution in [0, 0.1) is 0 Å². The van der Waals surface area contributed by atoms with Gasteiger partial charge in [0.1, 0.15) is 6.54 Å². The summed E-state index contributed by atoms with van der Waals surface area (Å²) in [7, 11) is 6.16. The lowest BCUT2D eigenvalue weighted by molar-refractivity contribution is -0.870. The Morgan fingerprint density at radius 1 is 1.33 bits per heavy atom. The third kappa shape index (κ3) is 20.1. The highest BCUT2D eigenvalue weighted by Gasteiger charge is 2.35. The number of amides is 1. The molecule has 0 rings (SSSR count). The molecule has 0 aliphatic heterocycles. The Morgan fingerprint density at radius 2 is 1.60 bits per heavy atom. The Morgan fingerprint density at radius 3 is 1.60 bits per heavy atom. The van der Waals surface area contributed by atoms with Gasteiger partial charge in [-0.3, -0.25) is 4.79 Å². The second-order valence-electron chi connectivity index (χ2n) is 3.60. The maximum Gasteiger partial charge on any atom is 0.470 e. The van der Waals surface area contributed by atoms with Gasteiger partial charge in [0.2, 0.25) is 0 Å². The molecule has 0 heterocycles. The minimum atomic E-state index is -4.86. The molecule has 4 nitrogen and oxygen atoms in total. The number of nitrogens with zero attached hydrogens (tertiary/aromatic N) is 1. The average molecular weight is 344 g/mol. The van der Waals surface area contributed by atoms with Crippen molar-refractivity contribution in [2.75, 3.05) is 34.3 Å². The molecule has 0 aromatic heterocycles. The molecule has 0 spiro atoms. The second kappa shape index (κ2) is 8.11. The van der Waals surface area contributed by atoms with Crippen molar-refractivity contribution in [3.05, 3.63) is 0 Å². The smallest absolute Gasteiger partial charge is 0.470 e. The Labute approximate surface area is 104 Å². The number of likely N-dealkylation sites (N-methyl/N-ethyl adjacent to an activating group) is 1. The van der Waals surface area contributed by atoms with Gasteiger partial charge in [-0.2, -0.15) is 13.2 Å². The van der Waals surface area contributed by atoms with Gasteiger partial charge in [-0.25, -0.2) is 0 Å². The fourth-order valence-corrected chi connectivity index (χ4v) is 0.300. The Bertz CT molecular complexity index is 180. The van der Waals surface area contributed by atoms with Crippen molar-refractivity contribution in [3.8, 4) is 0 Å². The van der Waals surface area contributed by atoms with Gasteiger partial charge >= 0.3 is 12.1 Å². The first kappa shape index (κ1) is 20.3. The molecule has 0 aromatic rings. The predicted molar refractivity (Wildman–Crippen MR) is 45.2 cm³/mol. The molecular formula is C7H16F3IN2O2. The first-order chi connectivity index (χ1) is 6.00. The number of carbonyl (C=O) groups is 1. The van der Waals surface area contributed by atoms with Crippen molar-refractivity contribution in [2.45, 2.75) is 6.18 Å². The van der Waals surface area contributed by atoms with Crippen LogP contribution in [0.2, 0.25) is 0 Å². The van der Waals surface area contributed by atoms with Gasteiger partial charge < -0.3 is 39.3 Å². The van der Waals surface area contributed by atoms with Crippen LogP contribution in [0.3, 0.4) is 0 Å². The molecule has 0 saturated heterocycles. The summed E-state index contributed by atoms with van der Waals surface area (Å²) in [6, 6.07) is 0. The van der Waals surface area contributed by atoms with Crippen LogP contribution in [0.25, 0.3) is 0 Å². The highest BCUT2D eigenvalue weighted by molar-refractivity contribution is 5.79. The number of alkyl halides is 3. The lowest BCUT2D eigenvalue weighted by Gasteiger charge is -2.21. The monoisotopic (exact) mass is 344 g/mol. The zero-order chi connectivity index (χ0) is 12.0. The molecule has 8 heteroatoms. The fourth-order valence-electron chi connectivity index (χ4n) is 0.300. The van der Waals surface area contributed by atoms with Crippen molar-refractivity contribution in [3.63, 3.8) is 0 Å². The van der Waals surface area contributed by atoms with E-state index in [4.69, 9.17) is 9.90 Å². The minimum absolute atomic E-state index is 0. The summed E-state index contributed by atoms with van der Waals surface area (Å²) in [5, 5.41) is 8.39. The Kier molecular flexibility index (Phi) is 11.0. The van der Waals surface area contributed by atoms with Gasteiger partial charge in [0, 0.05) is 0 Å². The number of quaternary nitrogens is 1. The molecular weight excluding hydrogens is 328 g/mol. The van der Waals surface area contributed by atoms with Crippen LogP contribution in [0.5, 0.6) is 0 Å². The molecule has 0 saturated carbocycles. The molecule has 1 amide bonds. The standard InChI is InChI=1S/C5H14NO.C2H2F3NO.HI/c1-6(2,3)4-5-7;3-2(4,5)1(6)7;/h7H,4-5H2,1-3H3;(H2,6,7);1H/q+1;;/p-1. The third-order valence-corrected chi connectivity index (χ3v) is 1.05. The number of primary amides is 1. The third-order valence-electron chi connectivity index (χ3n) is 1.05. The van der Waals surface area contributed by atoms with Gasteiger partial charge in [0.05, 0.1) is 27.7 Å². The Hall–Kier alpha value is -0.0900. The summed E-state index contributed by atoms with van der Waals surface area (Å²) in [5.41, 5.74) is 3.81. The van der Waals surface area contributed by atoms with E-state index >= 15 is 0 Å². The van der Waals surface area contributed by atoms with E-state index in [0.29, 0.717) is 0 Å².